The number of rotatable bonds is 6. The minimum Gasteiger partial charge on any atom is -0.481 e. The fourth-order valence-corrected chi connectivity index (χ4v) is 1.57. The Hall–Kier alpha value is -2.57. The normalized spacial score (nSPS) is 11.4. The van der Waals surface area contributed by atoms with Gasteiger partial charge >= 0.3 is 18.0 Å². The lowest BCUT2D eigenvalue weighted by Crippen LogP contribution is -2.43. The number of amides is 2. The Labute approximate surface area is 115 Å². The van der Waals surface area contributed by atoms with E-state index in [2.05, 4.69) is 10.6 Å². The number of hydrogen-bond acceptors (Lipinski definition) is 3. The maximum atomic E-state index is 11.7. The van der Waals surface area contributed by atoms with E-state index in [0.29, 0.717) is 5.69 Å². The first-order valence-corrected chi connectivity index (χ1v) is 5.97. The Bertz CT molecular complexity index is 515. The molecule has 0 bridgehead atoms. The van der Waals surface area contributed by atoms with E-state index >= 15 is 0 Å². The van der Waals surface area contributed by atoms with Gasteiger partial charge in [0.1, 0.15) is 6.04 Å². The molecule has 0 heterocycles. The van der Waals surface area contributed by atoms with E-state index in [1.54, 1.807) is 18.2 Å². The smallest absolute Gasteiger partial charge is 0.326 e. The van der Waals surface area contributed by atoms with Crippen LogP contribution in [0.1, 0.15) is 18.4 Å². The minimum atomic E-state index is -1.27. The average Bonchev–Trinajstić information content (AvgIpc) is 2.33. The van der Waals surface area contributed by atoms with Crippen molar-refractivity contribution in [3.63, 3.8) is 0 Å². The third-order valence-corrected chi connectivity index (χ3v) is 2.53. The summed E-state index contributed by atoms with van der Waals surface area (Å²) in [6.45, 7) is 1.86. The summed E-state index contributed by atoms with van der Waals surface area (Å²) in [7, 11) is 0. The van der Waals surface area contributed by atoms with Crippen LogP contribution >= 0.6 is 0 Å². The average molecular weight is 280 g/mol. The standard InChI is InChI=1S/C13H16N2O5/c1-8-3-2-4-9(7-8)14-13(20)15-10(12(18)19)5-6-11(16)17/h2-4,7,10H,5-6H2,1H3,(H,16,17)(H,18,19)(H2,14,15,20)/t10-/m0/s1. The van der Waals surface area contributed by atoms with Gasteiger partial charge in [0.05, 0.1) is 0 Å². The van der Waals surface area contributed by atoms with Crippen LogP contribution in [0.15, 0.2) is 24.3 Å². The maximum Gasteiger partial charge on any atom is 0.326 e. The van der Waals surface area contributed by atoms with Gasteiger partial charge in [-0.05, 0) is 31.0 Å². The lowest BCUT2D eigenvalue weighted by Gasteiger charge is -2.14. The molecule has 0 saturated heterocycles. The zero-order valence-corrected chi connectivity index (χ0v) is 10.9. The monoisotopic (exact) mass is 280 g/mol. The van der Waals surface area contributed by atoms with Gasteiger partial charge in [0, 0.05) is 12.1 Å². The molecule has 0 spiro atoms. The molecular weight excluding hydrogens is 264 g/mol. The first-order valence-electron chi connectivity index (χ1n) is 5.97. The van der Waals surface area contributed by atoms with E-state index in [4.69, 9.17) is 10.2 Å². The Kier molecular flexibility index (Phi) is 5.52. The molecule has 20 heavy (non-hydrogen) atoms. The number of carbonyl (C=O) groups excluding carboxylic acids is 1. The molecule has 0 aliphatic heterocycles. The summed E-state index contributed by atoms with van der Waals surface area (Å²) in [6, 6.07) is 5.08. The van der Waals surface area contributed by atoms with Crippen molar-refractivity contribution in [2.45, 2.75) is 25.8 Å². The number of urea groups is 1. The van der Waals surface area contributed by atoms with E-state index in [1.165, 1.54) is 0 Å². The van der Waals surface area contributed by atoms with Gasteiger partial charge in [-0.15, -0.1) is 0 Å². The summed E-state index contributed by atoms with van der Waals surface area (Å²) in [6.07, 6.45) is -0.506. The molecule has 1 aromatic carbocycles. The van der Waals surface area contributed by atoms with Crippen LogP contribution in [-0.2, 0) is 9.59 Å². The molecule has 0 fully saturated rings. The second-order valence-corrected chi connectivity index (χ2v) is 4.29. The van der Waals surface area contributed by atoms with E-state index in [-0.39, 0.29) is 12.8 Å². The molecule has 0 saturated carbocycles. The molecule has 4 N–H and O–H groups in total. The van der Waals surface area contributed by atoms with Crippen molar-refractivity contribution in [3.05, 3.63) is 29.8 Å². The Morgan fingerprint density at radius 3 is 2.50 bits per heavy atom. The largest absolute Gasteiger partial charge is 0.481 e. The summed E-state index contributed by atoms with van der Waals surface area (Å²) in [4.78, 5) is 33.0. The van der Waals surface area contributed by atoms with Crippen molar-refractivity contribution in [2.75, 3.05) is 5.32 Å². The number of anilines is 1. The second kappa shape index (κ2) is 7.13. The predicted molar refractivity (Wildman–Crippen MR) is 71.6 cm³/mol. The number of benzene rings is 1. The molecule has 1 rings (SSSR count). The summed E-state index contributed by atoms with van der Waals surface area (Å²) in [5, 5.41) is 22.2. The molecule has 1 atom stereocenters. The summed E-state index contributed by atoms with van der Waals surface area (Å²) in [5.74, 6) is -2.39. The molecule has 0 aliphatic rings. The molecule has 7 nitrogen and oxygen atoms in total. The quantitative estimate of drug-likeness (QED) is 0.629. The van der Waals surface area contributed by atoms with Gasteiger partial charge in [0.25, 0.3) is 0 Å². The molecule has 108 valence electrons. The van der Waals surface area contributed by atoms with Crippen molar-refractivity contribution in [3.8, 4) is 0 Å². The fourth-order valence-electron chi connectivity index (χ4n) is 1.57. The van der Waals surface area contributed by atoms with Gasteiger partial charge in [0.2, 0.25) is 0 Å². The van der Waals surface area contributed by atoms with Crippen LogP contribution in [0.5, 0.6) is 0 Å². The third-order valence-electron chi connectivity index (χ3n) is 2.53. The molecule has 2 amide bonds. The number of carbonyl (C=O) groups is 3. The Balaban J connectivity index is 2.57. The van der Waals surface area contributed by atoms with E-state index in [9.17, 15) is 14.4 Å². The van der Waals surface area contributed by atoms with Crippen molar-refractivity contribution < 1.29 is 24.6 Å². The third kappa shape index (κ3) is 5.38. The summed E-state index contributed by atoms with van der Waals surface area (Å²) in [5.41, 5.74) is 1.48. The van der Waals surface area contributed by atoms with Crippen LogP contribution in [-0.4, -0.2) is 34.2 Å². The van der Waals surface area contributed by atoms with Crippen molar-refractivity contribution >= 4 is 23.7 Å². The molecule has 7 heteroatoms. The van der Waals surface area contributed by atoms with Crippen LogP contribution < -0.4 is 10.6 Å². The van der Waals surface area contributed by atoms with E-state index < -0.39 is 24.0 Å². The van der Waals surface area contributed by atoms with Crippen molar-refractivity contribution in [1.29, 1.82) is 0 Å². The SMILES string of the molecule is Cc1cccc(NC(=O)N[C@@H](CCC(=O)O)C(=O)O)c1. The minimum absolute atomic E-state index is 0.175. The Morgan fingerprint density at radius 2 is 1.95 bits per heavy atom. The second-order valence-electron chi connectivity index (χ2n) is 4.29. The highest BCUT2D eigenvalue weighted by molar-refractivity contribution is 5.92. The Morgan fingerprint density at radius 1 is 1.25 bits per heavy atom. The number of aryl methyl sites for hydroxylation is 1. The number of hydrogen-bond donors (Lipinski definition) is 4. The zero-order valence-electron chi connectivity index (χ0n) is 10.9. The molecule has 0 aromatic heterocycles. The molecular formula is C13H16N2O5. The number of nitrogens with one attached hydrogen (secondary N) is 2. The molecule has 1 aromatic rings. The molecule has 0 unspecified atom stereocenters. The highest BCUT2D eigenvalue weighted by Crippen LogP contribution is 2.09. The van der Waals surface area contributed by atoms with E-state index in [0.717, 1.165) is 5.56 Å². The highest BCUT2D eigenvalue weighted by Gasteiger charge is 2.20. The maximum absolute atomic E-state index is 11.7. The van der Waals surface area contributed by atoms with Crippen LogP contribution in [0.4, 0.5) is 10.5 Å². The van der Waals surface area contributed by atoms with Crippen molar-refractivity contribution in [1.82, 2.24) is 5.32 Å². The van der Waals surface area contributed by atoms with Gasteiger partial charge in [-0.3, -0.25) is 4.79 Å². The lowest BCUT2D eigenvalue weighted by molar-refractivity contribution is -0.140. The van der Waals surface area contributed by atoms with Crippen LogP contribution in [0, 0.1) is 6.92 Å². The first-order chi connectivity index (χ1) is 9.38. The molecule has 0 radical (unpaired) electrons. The van der Waals surface area contributed by atoms with Gasteiger partial charge in [-0.25, -0.2) is 9.59 Å². The number of aliphatic carboxylic acids is 2. The van der Waals surface area contributed by atoms with Crippen LogP contribution in [0.25, 0.3) is 0 Å². The topological polar surface area (TPSA) is 116 Å². The van der Waals surface area contributed by atoms with Gasteiger partial charge in [-0.2, -0.15) is 0 Å². The first kappa shape index (κ1) is 15.5. The van der Waals surface area contributed by atoms with Crippen molar-refractivity contribution in [2.24, 2.45) is 0 Å². The van der Waals surface area contributed by atoms with E-state index in [1.807, 2.05) is 13.0 Å². The van der Waals surface area contributed by atoms with Crippen LogP contribution in [0.2, 0.25) is 0 Å². The highest BCUT2D eigenvalue weighted by atomic mass is 16.4. The number of carboxylic acids is 2. The van der Waals surface area contributed by atoms with Crippen LogP contribution in [0.3, 0.4) is 0 Å². The number of carboxylic acid groups (broad SMARTS) is 2. The summed E-state index contributed by atoms with van der Waals surface area (Å²) >= 11 is 0. The lowest BCUT2D eigenvalue weighted by atomic mass is 10.1. The van der Waals surface area contributed by atoms with Gasteiger partial charge in [-0.1, -0.05) is 12.1 Å². The summed E-state index contributed by atoms with van der Waals surface area (Å²) < 4.78 is 0. The predicted octanol–water partition coefficient (Wildman–Crippen LogP) is 1.43. The fraction of sp³-hybridized carbons (Fsp3) is 0.308. The van der Waals surface area contributed by atoms with Gasteiger partial charge < -0.3 is 20.8 Å². The van der Waals surface area contributed by atoms with Gasteiger partial charge in [0.15, 0.2) is 0 Å². The zero-order chi connectivity index (χ0) is 15.1. The molecule has 0 aliphatic carbocycles.